The molecule has 1 saturated carbocycles. The smallest absolute Gasteiger partial charge is 0.328 e. The van der Waals surface area contributed by atoms with Crippen LogP contribution < -0.4 is 0 Å². The quantitative estimate of drug-likeness (QED) is 0.444. The summed E-state index contributed by atoms with van der Waals surface area (Å²) < 4.78 is 36.0. The molecule has 0 aromatic carbocycles. The molecule has 0 radical (unpaired) electrons. The summed E-state index contributed by atoms with van der Waals surface area (Å²) in [7, 11) is -4.46. The van der Waals surface area contributed by atoms with Gasteiger partial charge in [0, 0.05) is 25.8 Å². The molecule has 11 nitrogen and oxygen atoms in total. The van der Waals surface area contributed by atoms with Gasteiger partial charge in [-0.15, -0.1) is 0 Å². The zero-order valence-corrected chi connectivity index (χ0v) is 16.0. The van der Waals surface area contributed by atoms with Crippen molar-refractivity contribution in [3.63, 3.8) is 0 Å². The molecule has 3 aliphatic rings. The van der Waals surface area contributed by atoms with Gasteiger partial charge in [0.05, 0.1) is 5.92 Å². The first-order valence-corrected chi connectivity index (χ1v) is 10.7. The average Bonchev–Trinajstić information content (AvgIpc) is 2.95. The lowest BCUT2D eigenvalue weighted by molar-refractivity contribution is -0.291. The van der Waals surface area contributed by atoms with E-state index in [4.69, 9.17) is 14.1 Å². The summed E-state index contributed by atoms with van der Waals surface area (Å²) in [5, 5.41) is 10.8. The molecule has 2 amide bonds. The third-order valence-corrected chi connectivity index (χ3v) is 6.43. The van der Waals surface area contributed by atoms with Crippen molar-refractivity contribution < 1.29 is 42.0 Å². The molecule has 0 aromatic rings. The number of carbonyl (C=O) groups is 3. The van der Waals surface area contributed by atoms with Gasteiger partial charge in [-0.2, -0.15) is 8.42 Å². The van der Waals surface area contributed by atoms with Crippen LogP contribution in [0.3, 0.4) is 0 Å². The van der Waals surface area contributed by atoms with Crippen LogP contribution in [0.25, 0.3) is 0 Å². The number of hydrogen-bond donors (Lipinski definition) is 2. The van der Waals surface area contributed by atoms with E-state index >= 15 is 0 Å². The van der Waals surface area contributed by atoms with Gasteiger partial charge < -0.3 is 14.7 Å². The number of rotatable bonds is 5. The standard InChI is InChI=1S/C16H24N2O9S/c19-12-5-6-13(20)17(12)8-10-1-3-11(4-2-10)16(22)27-18-9-26-15(7-14(18)21)28(23,24)25/h10-11,14-15,21H,1-9H2,(H,23,24,25). The lowest BCUT2D eigenvalue weighted by Gasteiger charge is -2.35. The first-order valence-electron chi connectivity index (χ1n) is 9.22. The Morgan fingerprint density at radius 2 is 1.75 bits per heavy atom. The first kappa shape index (κ1) is 21.1. The van der Waals surface area contributed by atoms with Gasteiger partial charge in [0.2, 0.25) is 11.8 Å². The number of hydroxylamine groups is 2. The van der Waals surface area contributed by atoms with Crippen molar-refractivity contribution in [1.29, 1.82) is 0 Å². The summed E-state index contributed by atoms with van der Waals surface area (Å²) in [4.78, 5) is 42.2. The van der Waals surface area contributed by atoms with E-state index in [1.165, 1.54) is 4.90 Å². The average molecular weight is 420 g/mol. The Hall–Kier alpha value is -1.60. The number of ether oxygens (including phenoxy) is 1. The zero-order valence-electron chi connectivity index (χ0n) is 15.2. The van der Waals surface area contributed by atoms with E-state index in [-0.39, 0.29) is 30.6 Å². The van der Waals surface area contributed by atoms with E-state index in [2.05, 4.69) is 0 Å². The molecule has 3 rings (SSSR count). The predicted octanol–water partition coefficient (Wildman–Crippen LogP) is -0.388. The molecule has 0 spiro atoms. The normalized spacial score (nSPS) is 32.6. The van der Waals surface area contributed by atoms with Crippen molar-refractivity contribution in [3.8, 4) is 0 Å². The second-order valence-electron chi connectivity index (χ2n) is 7.40. The van der Waals surface area contributed by atoms with Crippen LogP contribution in [-0.2, 0) is 34.1 Å². The third-order valence-electron chi connectivity index (χ3n) is 5.44. The first-order chi connectivity index (χ1) is 13.1. The van der Waals surface area contributed by atoms with Crippen LogP contribution in [0.1, 0.15) is 44.9 Å². The number of hydrogen-bond acceptors (Lipinski definition) is 9. The lowest BCUT2D eigenvalue weighted by atomic mass is 9.82. The molecule has 2 atom stereocenters. The molecule has 12 heteroatoms. The van der Waals surface area contributed by atoms with E-state index in [1.807, 2.05) is 0 Å². The van der Waals surface area contributed by atoms with Gasteiger partial charge in [0.25, 0.3) is 10.1 Å². The Kier molecular flexibility index (Phi) is 6.34. The molecule has 2 saturated heterocycles. The summed E-state index contributed by atoms with van der Waals surface area (Å²) in [6.45, 7) is -0.0962. The fourth-order valence-electron chi connectivity index (χ4n) is 3.75. The van der Waals surface area contributed by atoms with E-state index < -0.39 is 46.8 Å². The predicted molar refractivity (Wildman–Crippen MR) is 91.2 cm³/mol. The van der Waals surface area contributed by atoms with Crippen molar-refractivity contribution in [2.45, 2.75) is 56.6 Å². The molecule has 3 fully saturated rings. The van der Waals surface area contributed by atoms with Crippen LogP contribution in [-0.4, -0.2) is 70.8 Å². The number of aliphatic hydroxyl groups is 1. The fourth-order valence-corrected chi connectivity index (χ4v) is 4.40. The monoisotopic (exact) mass is 420 g/mol. The highest BCUT2D eigenvalue weighted by atomic mass is 32.2. The summed E-state index contributed by atoms with van der Waals surface area (Å²) in [6.07, 6.45) is 1.06. The Balaban J connectivity index is 1.44. The van der Waals surface area contributed by atoms with Crippen molar-refractivity contribution in [3.05, 3.63) is 0 Å². The highest BCUT2D eigenvalue weighted by Crippen LogP contribution is 2.32. The van der Waals surface area contributed by atoms with Gasteiger partial charge in [0.15, 0.2) is 5.44 Å². The number of aliphatic hydroxyl groups excluding tert-OH is 1. The zero-order chi connectivity index (χ0) is 20.5. The van der Waals surface area contributed by atoms with Crippen molar-refractivity contribution in [1.82, 2.24) is 9.96 Å². The second kappa shape index (κ2) is 8.41. The largest absolute Gasteiger partial charge is 0.375 e. The van der Waals surface area contributed by atoms with Crippen LogP contribution in [0.2, 0.25) is 0 Å². The van der Waals surface area contributed by atoms with Gasteiger partial charge in [-0.05, 0) is 31.6 Å². The van der Waals surface area contributed by atoms with Gasteiger partial charge in [-0.25, -0.2) is 0 Å². The number of carbonyl (C=O) groups excluding carboxylic acids is 3. The minimum Gasteiger partial charge on any atom is -0.375 e. The number of amides is 2. The van der Waals surface area contributed by atoms with Crippen LogP contribution in [0.4, 0.5) is 0 Å². The molecule has 0 bridgehead atoms. The van der Waals surface area contributed by atoms with E-state index in [9.17, 15) is 27.9 Å². The summed E-state index contributed by atoms with van der Waals surface area (Å²) in [5.74, 6) is -1.09. The van der Waals surface area contributed by atoms with Crippen molar-refractivity contribution in [2.24, 2.45) is 11.8 Å². The minimum atomic E-state index is -4.46. The Morgan fingerprint density at radius 3 is 2.29 bits per heavy atom. The van der Waals surface area contributed by atoms with Crippen LogP contribution in [0.5, 0.6) is 0 Å². The maximum Gasteiger partial charge on any atom is 0.328 e. The van der Waals surface area contributed by atoms with Gasteiger partial charge in [-0.3, -0.25) is 23.8 Å². The molecule has 0 aromatic heterocycles. The lowest BCUT2D eigenvalue weighted by Crippen LogP contribution is -2.49. The summed E-state index contributed by atoms with van der Waals surface area (Å²) >= 11 is 0. The molecule has 158 valence electrons. The number of imide groups is 1. The molecular weight excluding hydrogens is 396 g/mol. The number of likely N-dealkylation sites (tertiary alicyclic amines) is 1. The third kappa shape index (κ3) is 4.87. The van der Waals surface area contributed by atoms with Gasteiger partial charge in [-0.1, -0.05) is 5.06 Å². The summed E-state index contributed by atoms with van der Waals surface area (Å²) in [5.41, 5.74) is -1.57. The topological polar surface area (TPSA) is 151 Å². The highest BCUT2D eigenvalue weighted by Gasteiger charge is 2.39. The molecule has 2 N–H and O–H groups in total. The highest BCUT2D eigenvalue weighted by molar-refractivity contribution is 7.86. The molecule has 2 aliphatic heterocycles. The Bertz CT molecular complexity index is 716. The van der Waals surface area contributed by atoms with Crippen molar-refractivity contribution >= 4 is 27.9 Å². The molecule has 28 heavy (non-hydrogen) atoms. The SMILES string of the molecule is O=C(ON1COC(S(=O)(=O)O)CC1O)C1CCC(CN2C(=O)CCC2=O)CC1. The molecule has 2 heterocycles. The number of nitrogens with zero attached hydrogens (tertiary/aromatic N) is 2. The molecule has 1 aliphatic carbocycles. The van der Waals surface area contributed by atoms with E-state index in [0.29, 0.717) is 32.2 Å². The molecular formula is C16H24N2O9S. The van der Waals surface area contributed by atoms with Crippen LogP contribution in [0.15, 0.2) is 0 Å². The maximum absolute atomic E-state index is 12.3. The Labute approximate surface area is 162 Å². The summed E-state index contributed by atoms with van der Waals surface area (Å²) in [6, 6.07) is 0. The van der Waals surface area contributed by atoms with Crippen molar-refractivity contribution in [2.75, 3.05) is 13.3 Å². The Morgan fingerprint density at radius 1 is 1.14 bits per heavy atom. The van der Waals surface area contributed by atoms with E-state index in [0.717, 1.165) is 5.06 Å². The van der Waals surface area contributed by atoms with Crippen LogP contribution >= 0.6 is 0 Å². The second-order valence-corrected chi connectivity index (χ2v) is 8.96. The minimum absolute atomic E-state index is 0.145. The van der Waals surface area contributed by atoms with Crippen LogP contribution in [0, 0.1) is 11.8 Å². The van der Waals surface area contributed by atoms with Gasteiger partial charge >= 0.3 is 5.97 Å². The van der Waals surface area contributed by atoms with Gasteiger partial charge in [0.1, 0.15) is 13.0 Å². The molecule has 2 unspecified atom stereocenters. The maximum atomic E-state index is 12.3. The fraction of sp³-hybridized carbons (Fsp3) is 0.812. The van der Waals surface area contributed by atoms with E-state index in [1.54, 1.807) is 0 Å².